The fraction of sp³-hybridized carbons (Fsp3) is 0.290. The number of halogens is 1. The van der Waals surface area contributed by atoms with E-state index in [4.69, 9.17) is 0 Å². The summed E-state index contributed by atoms with van der Waals surface area (Å²) in [7, 11) is 0. The fourth-order valence-corrected chi connectivity index (χ4v) is 5.72. The molecule has 0 spiro atoms. The van der Waals surface area contributed by atoms with Crippen molar-refractivity contribution in [1.29, 1.82) is 0 Å². The minimum absolute atomic E-state index is 0.281. The van der Waals surface area contributed by atoms with E-state index in [1.54, 1.807) is 36.5 Å². The first-order valence-corrected chi connectivity index (χ1v) is 14.0. The van der Waals surface area contributed by atoms with Crippen LogP contribution in [0.3, 0.4) is 0 Å². The van der Waals surface area contributed by atoms with E-state index in [-0.39, 0.29) is 11.7 Å². The van der Waals surface area contributed by atoms with E-state index in [1.165, 1.54) is 18.5 Å². The number of nitrogens with one attached hydrogen (secondary N) is 3. The topological polar surface area (TPSA) is 98.3 Å². The molecule has 3 N–H and O–H groups in total. The molecule has 0 aliphatic carbocycles. The Morgan fingerprint density at radius 3 is 2.61 bits per heavy atom. The molecule has 2 saturated heterocycles. The highest BCUT2D eigenvalue weighted by Crippen LogP contribution is 2.36. The molecule has 9 nitrogen and oxygen atoms in total. The van der Waals surface area contributed by atoms with Gasteiger partial charge in [-0.05, 0) is 55.3 Å². The summed E-state index contributed by atoms with van der Waals surface area (Å²) in [6, 6.07) is 14.6. The standard InChI is InChI=1S/C31H33FN8O/c1-2-30(41)38-28-18-24-27(19-29(28)40-13-8-22(9-14-40)39-15-11-33-12-16-39)35-20-36-31(24)37-21-7-10-34-26(17-21)23-5-3-4-6-25(23)32/h2-7,10,17-20,22,33H,1,8-9,11-16H2,(H,38,41)(H,34,35,36,37). The van der Waals surface area contributed by atoms with Crippen molar-refractivity contribution >= 4 is 39.7 Å². The third-order valence-electron chi connectivity index (χ3n) is 7.84. The lowest BCUT2D eigenvalue weighted by Crippen LogP contribution is -2.52. The molecular formula is C31H33FN8O. The van der Waals surface area contributed by atoms with Crippen LogP contribution in [0.25, 0.3) is 22.2 Å². The van der Waals surface area contributed by atoms with Crippen molar-refractivity contribution in [2.75, 3.05) is 54.8 Å². The number of amides is 1. The van der Waals surface area contributed by atoms with E-state index >= 15 is 0 Å². The lowest BCUT2D eigenvalue weighted by atomic mass is 10.0. The summed E-state index contributed by atoms with van der Waals surface area (Å²) in [6.45, 7) is 9.68. The van der Waals surface area contributed by atoms with Crippen LogP contribution in [0.15, 0.2) is 73.7 Å². The van der Waals surface area contributed by atoms with Gasteiger partial charge in [0, 0.05) is 68.1 Å². The summed E-state index contributed by atoms with van der Waals surface area (Å²) in [5.74, 6) is -0.0492. The summed E-state index contributed by atoms with van der Waals surface area (Å²) < 4.78 is 14.4. The molecule has 2 aromatic carbocycles. The summed E-state index contributed by atoms with van der Waals surface area (Å²) in [5, 5.41) is 10.5. The van der Waals surface area contributed by atoms with E-state index in [1.807, 2.05) is 12.1 Å². The second kappa shape index (κ2) is 12.0. The molecule has 0 radical (unpaired) electrons. The third-order valence-corrected chi connectivity index (χ3v) is 7.84. The molecule has 210 valence electrons. The van der Waals surface area contributed by atoms with Gasteiger partial charge >= 0.3 is 0 Å². The summed E-state index contributed by atoms with van der Waals surface area (Å²) in [5.41, 5.74) is 4.00. The molecule has 10 heteroatoms. The molecule has 2 aliphatic rings. The molecule has 0 bridgehead atoms. The summed E-state index contributed by atoms with van der Waals surface area (Å²) in [6.07, 6.45) is 6.55. The minimum Gasteiger partial charge on any atom is -0.370 e. The second-order valence-corrected chi connectivity index (χ2v) is 10.3. The number of pyridine rings is 1. The molecular weight excluding hydrogens is 519 g/mol. The first kappa shape index (κ1) is 26.8. The predicted molar refractivity (Wildman–Crippen MR) is 161 cm³/mol. The van der Waals surface area contributed by atoms with Gasteiger partial charge in [0.2, 0.25) is 5.91 Å². The number of hydrogen-bond acceptors (Lipinski definition) is 8. The number of carbonyl (C=O) groups is 1. The second-order valence-electron chi connectivity index (χ2n) is 10.3. The highest BCUT2D eigenvalue weighted by atomic mass is 19.1. The Morgan fingerprint density at radius 1 is 1.02 bits per heavy atom. The number of anilines is 4. The number of hydrogen-bond donors (Lipinski definition) is 3. The van der Waals surface area contributed by atoms with Crippen LogP contribution in [0.5, 0.6) is 0 Å². The first-order chi connectivity index (χ1) is 20.1. The van der Waals surface area contributed by atoms with Gasteiger partial charge in [0.25, 0.3) is 0 Å². The van der Waals surface area contributed by atoms with Crippen molar-refractivity contribution in [1.82, 2.24) is 25.2 Å². The van der Waals surface area contributed by atoms with E-state index < -0.39 is 0 Å². The monoisotopic (exact) mass is 552 g/mol. The Balaban J connectivity index is 1.30. The smallest absolute Gasteiger partial charge is 0.247 e. The van der Waals surface area contributed by atoms with Gasteiger partial charge < -0.3 is 20.9 Å². The maximum atomic E-state index is 14.4. The number of aromatic nitrogens is 3. The van der Waals surface area contributed by atoms with Crippen LogP contribution >= 0.6 is 0 Å². The van der Waals surface area contributed by atoms with Crippen molar-refractivity contribution in [3.63, 3.8) is 0 Å². The van der Waals surface area contributed by atoms with Crippen LogP contribution < -0.4 is 20.9 Å². The predicted octanol–water partition coefficient (Wildman–Crippen LogP) is 4.57. The average Bonchev–Trinajstić information content (AvgIpc) is 3.02. The number of rotatable bonds is 7. The quantitative estimate of drug-likeness (QED) is 0.287. The lowest BCUT2D eigenvalue weighted by molar-refractivity contribution is -0.111. The van der Waals surface area contributed by atoms with Gasteiger partial charge in [-0.3, -0.25) is 14.7 Å². The van der Waals surface area contributed by atoms with Gasteiger partial charge in [-0.25, -0.2) is 14.4 Å². The van der Waals surface area contributed by atoms with Crippen LogP contribution in [-0.4, -0.2) is 71.1 Å². The largest absolute Gasteiger partial charge is 0.370 e. The van der Waals surface area contributed by atoms with E-state index in [9.17, 15) is 9.18 Å². The van der Waals surface area contributed by atoms with Gasteiger partial charge in [-0.15, -0.1) is 0 Å². The molecule has 1 amide bonds. The van der Waals surface area contributed by atoms with E-state index in [0.717, 1.165) is 68.7 Å². The highest BCUT2D eigenvalue weighted by molar-refractivity contribution is 6.05. The maximum absolute atomic E-state index is 14.4. The van der Waals surface area contributed by atoms with Gasteiger partial charge in [0.05, 0.1) is 22.6 Å². The molecule has 2 fully saturated rings. The van der Waals surface area contributed by atoms with Crippen LogP contribution in [0.1, 0.15) is 12.8 Å². The van der Waals surface area contributed by atoms with Crippen molar-refractivity contribution < 1.29 is 9.18 Å². The van der Waals surface area contributed by atoms with E-state index in [2.05, 4.69) is 47.3 Å². The van der Waals surface area contributed by atoms with Crippen molar-refractivity contribution in [3.8, 4) is 11.3 Å². The number of fused-ring (bicyclic) bond motifs is 1. The average molecular weight is 553 g/mol. The Kier molecular flexibility index (Phi) is 7.84. The van der Waals surface area contributed by atoms with E-state index in [0.29, 0.717) is 34.5 Å². The van der Waals surface area contributed by atoms with Gasteiger partial charge in [-0.1, -0.05) is 18.7 Å². The number of piperidine rings is 1. The number of piperazine rings is 1. The molecule has 0 unspecified atom stereocenters. The molecule has 4 heterocycles. The normalized spacial score (nSPS) is 16.5. The fourth-order valence-electron chi connectivity index (χ4n) is 5.72. The van der Waals surface area contributed by atoms with Crippen molar-refractivity contribution in [3.05, 3.63) is 79.5 Å². The zero-order chi connectivity index (χ0) is 28.2. The maximum Gasteiger partial charge on any atom is 0.247 e. The van der Waals surface area contributed by atoms with Crippen LogP contribution in [0, 0.1) is 5.82 Å². The van der Waals surface area contributed by atoms with Crippen LogP contribution in [0.2, 0.25) is 0 Å². The zero-order valence-corrected chi connectivity index (χ0v) is 22.8. The summed E-state index contributed by atoms with van der Waals surface area (Å²) in [4.78, 5) is 30.8. The summed E-state index contributed by atoms with van der Waals surface area (Å²) >= 11 is 0. The molecule has 0 atom stereocenters. The SMILES string of the molecule is C=CC(=O)Nc1cc2c(Nc3ccnc(-c4ccccc4F)c3)ncnc2cc1N1CCC(N2CCNCC2)CC1. The van der Waals surface area contributed by atoms with Crippen LogP contribution in [0.4, 0.5) is 27.3 Å². The molecule has 4 aromatic rings. The number of nitrogens with zero attached hydrogens (tertiary/aromatic N) is 5. The number of carbonyl (C=O) groups excluding carboxylic acids is 1. The van der Waals surface area contributed by atoms with Crippen molar-refractivity contribution in [2.24, 2.45) is 0 Å². The molecule has 2 aliphatic heterocycles. The molecule has 6 rings (SSSR count). The Bertz CT molecular complexity index is 1560. The minimum atomic E-state index is -0.336. The van der Waals surface area contributed by atoms with Crippen molar-refractivity contribution in [2.45, 2.75) is 18.9 Å². The highest BCUT2D eigenvalue weighted by Gasteiger charge is 2.27. The Hall–Kier alpha value is -4.41. The zero-order valence-electron chi connectivity index (χ0n) is 22.8. The number of benzene rings is 2. The Labute approximate surface area is 238 Å². The third kappa shape index (κ3) is 5.89. The van der Waals surface area contributed by atoms with Gasteiger partial charge in [-0.2, -0.15) is 0 Å². The molecule has 2 aromatic heterocycles. The molecule has 0 saturated carbocycles. The van der Waals surface area contributed by atoms with Gasteiger partial charge in [0.15, 0.2) is 0 Å². The van der Waals surface area contributed by atoms with Gasteiger partial charge in [0.1, 0.15) is 18.0 Å². The Morgan fingerprint density at radius 2 is 1.83 bits per heavy atom. The first-order valence-electron chi connectivity index (χ1n) is 14.0. The van der Waals surface area contributed by atoms with Crippen LogP contribution in [-0.2, 0) is 4.79 Å². The lowest BCUT2D eigenvalue weighted by Gasteiger charge is -2.41. The molecule has 41 heavy (non-hydrogen) atoms.